The number of rotatable bonds is 5. The molecule has 0 aliphatic carbocycles. The van der Waals surface area contributed by atoms with Crippen molar-refractivity contribution < 1.29 is 27.6 Å². The highest BCUT2D eigenvalue weighted by molar-refractivity contribution is 8.00. The van der Waals surface area contributed by atoms with Crippen molar-refractivity contribution in [3.63, 3.8) is 0 Å². The molecule has 3 atom stereocenters. The molecule has 0 spiro atoms. The Kier molecular flexibility index (Phi) is 7.19. The Hall–Kier alpha value is -3.94. The number of carbonyl (C=O) groups excluding carboxylic acids is 3. The molecule has 1 saturated heterocycles. The van der Waals surface area contributed by atoms with Crippen molar-refractivity contribution >= 4 is 63.8 Å². The predicted octanol–water partition coefficient (Wildman–Crippen LogP) is 5.41. The van der Waals surface area contributed by atoms with E-state index < -0.39 is 57.1 Å². The molecule has 2 aromatic heterocycles. The van der Waals surface area contributed by atoms with Gasteiger partial charge in [-0.25, -0.2) is 4.90 Å². The van der Waals surface area contributed by atoms with Crippen LogP contribution in [0.5, 0.6) is 0 Å². The largest absolute Gasteiger partial charge is 0.418 e. The number of thioether (sulfide) groups is 1. The lowest BCUT2D eigenvalue weighted by Crippen LogP contribution is -2.33. The summed E-state index contributed by atoms with van der Waals surface area (Å²) in [5.74, 6) is -4.11. The standard InChI is InChI=1S/C28H18ClF3N4O4S2/c29-15-7-9-16(10-8-15)34-19(37)13-35-26-23(42-27(35)40)20(14-4-3-11-33-12-14)21-22(41-26)25(39)36(24(21)38)18-6-2-1-5-17(18)28(30,31)32/h1-12,20-22H,13H2,(H,34,37)/t20-,21?,22?/m1/s1. The summed E-state index contributed by atoms with van der Waals surface area (Å²) in [6.45, 7) is -0.389. The number of pyridine rings is 1. The number of nitrogens with zero attached hydrogens (tertiary/aromatic N) is 3. The third-order valence-corrected chi connectivity index (χ3v) is 9.83. The highest BCUT2D eigenvalue weighted by Gasteiger charge is 2.57. The van der Waals surface area contributed by atoms with Gasteiger partial charge < -0.3 is 5.32 Å². The number of nitrogens with one attached hydrogen (secondary N) is 1. The minimum absolute atomic E-state index is 0.304. The molecule has 4 aromatic rings. The highest BCUT2D eigenvalue weighted by Crippen LogP contribution is 2.54. The van der Waals surface area contributed by atoms with E-state index in [1.807, 2.05) is 0 Å². The average molecular weight is 631 g/mol. The first-order chi connectivity index (χ1) is 20.0. The van der Waals surface area contributed by atoms with Crippen molar-refractivity contribution in [3.05, 3.63) is 104 Å². The Morgan fingerprint density at radius 1 is 1.00 bits per heavy atom. The average Bonchev–Trinajstić information content (AvgIpc) is 3.40. The van der Waals surface area contributed by atoms with Gasteiger partial charge in [-0.2, -0.15) is 13.2 Å². The van der Waals surface area contributed by atoms with E-state index in [2.05, 4.69) is 10.3 Å². The van der Waals surface area contributed by atoms with Gasteiger partial charge in [-0.05, 0) is 48.0 Å². The molecule has 1 N–H and O–H groups in total. The highest BCUT2D eigenvalue weighted by atomic mass is 35.5. The molecular weight excluding hydrogens is 613 g/mol. The fourth-order valence-electron chi connectivity index (χ4n) is 5.20. The first-order valence-electron chi connectivity index (χ1n) is 12.4. The number of amides is 3. The zero-order valence-electron chi connectivity index (χ0n) is 21.2. The molecule has 8 nitrogen and oxygen atoms in total. The molecule has 214 valence electrons. The van der Waals surface area contributed by atoms with Crippen molar-refractivity contribution in [2.75, 3.05) is 10.2 Å². The summed E-state index contributed by atoms with van der Waals surface area (Å²) < 4.78 is 42.9. The Labute approximate surface area is 249 Å². The minimum atomic E-state index is -4.81. The van der Waals surface area contributed by atoms with Crippen LogP contribution in [-0.4, -0.2) is 32.5 Å². The number of thiazole rings is 1. The maximum Gasteiger partial charge on any atom is 0.418 e. The van der Waals surface area contributed by atoms with E-state index in [0.29, 0.717) is 31.1 Å². The Bertz CT molecular complexity index is 1780. The summed E-state index contributed by atoms with van der Waals surface area (Å²) in [5.41, 5.74) is -0.694. The fraction of sp³-hybridized carbons (Fsp3) is 0.179. The molecule has 2 aliphatic rings. The minimum Gasteiger partial charge on any atom is -0.325 e. The van der Waals surface area contributed by atoms with Gasteiger partial charge in [0.15, 0.2) is 0 Å². The number of hydrogen-bond acceptors (Lipinski definition) is 7. The fourth-order valence-corrected chi connectivity index (χ4v) is 8.10. The molecule has 42 heavy (non-hydrogen) atoms. The lowest BCUT2D eigenvalue weighted by molar-refractivity contribution is -0.137. The number of hydrogen-bond donors (Lipinski definition) is 1. The van der Waals surface area contributed by atoms with Crippen molar-refractivity contribution in [2.24, 2.45) is 5.92 Å². The molecule has 3 amide bonds. The summed E-state index contributed by atoms with van der Waals surface area (Å²) >= 11 is 7.64. The molecule has 1 fully saturated rings. The maximum atomic E-state index is 13.9. The van der Waals surface area contributed by atoms with Crippen LogP contribution in [0.15, 0.2) is 82.9 Å². The molecule has 0 radical (unpaired) electrons. The van der Waals surface area contributed by atoms with E-state index in [1.165, 1.54) is 29.1 Å². The first-order valence-corrected chi connectivity index (χ1v) is 14.5. The van der Waals surface area contributed by atoms with Crippen LogP contribution in [-0.2, 0) is 27.1 Å². The summed E-state index contributed by atoms with van der Waals surface area (Å²) in [5, 5.41) is 2.33. The number of anilines is 2. The first kappa shape index (κ1) is 28.2. The summed E-state index contributed by atoms with van der Waals surface area (Å²) in [7, 11) is 0. The van der Waals surface area contributed by atoms with E-state index >= 15 is 0 Å². The van der Waals surface area contributed by atoms with Crippen LogP contribution in [0, 0.1) is 5.92 Å². The van der Waals surface area contributed by atoms with Crippen molar-refractivity contribution in [3.8, 4) is 0 Å². The van der Waals surface area contributed by atoms with Gasteiger partial charge >= 0.3 is 11.0 Å². The van der Waals surface area contributed by atoms with Crippen molar-refractivity contribution in [1.82, 2.24) is 9.55 Å². The summed E-state index contributed by atoms with van der Waals surface area (Å²) in [6.07, 6.45) is -1.80. The Morgan fingerprint density at radius 2 is 1.74 bits per heavy atom. The number of carbonyl (C=O) groups is 3. The van der Waals surface area contributed by atoms with Gasteiger partial charge in [0, 0.05) is 33.9 Å². The summed E-state index contributed by atoms with van der Waals surface area (Å²) in [6, 6.07) is 14.1. The topological polar surface area (TPSA) is 101 Å². The quantitative estimate of drug-likeness (QED) is 0.296. The van der Waals surface area contributed by atoms with E-state index in [9.17, 15) is 32.3 Å². The molecule has 2 aromatic carbocycles. The molecule has 4 heterocycles. The number of halogens is 4. The predicted molar refractivity (Wildman–Crippen MR) is 152 cm³/mol. The van der Waals surface area contributed by atoms with Gasteiger partial charge in [0.2, 0.25) is 17.7 Å². The van der Waals surface area contributed by atoms with E-state index in [4.69, 9.17) is 11.6 Å². The number of para-hydroxylation sites is 1. The lowest BCUT2D eigenvalue weighted by atomic mass is 9.84. The third-order valence-electron chi connectivity index (χ3n) is 6.97. The molecular formula is C28H18ClF3N4O4S2. The number of fused-ring (bicyclic) bond motifs is 2. The third kappa shape index (κ3) is 4.91. The van der Waals surface area contributed by atoms with Gasteiger partial charge in [0.25, 0.3) is 0 Å². The molecule has 0 saturated carbocycles. The molecule has 2 unspecified atom stereocenters. The lowest BCUT2D eigenvalue weighted by Gasteiger charge is -2.30. The van der Waals surface area contributed by atoms with E-state index in [-0.39, 0.29) is 6.54 Å². The molecule has 14 heteroatoms. The number of imide groups is 1. The smallest absolute Gasteiger partial charge is 0.325 e. The monoisotopic (exact) mass is 630 g/mol. The van der Waals surface area contributed by atoms with Gasteiger partial charge in [0.05, 0.1) is 22.2 Å². The van der Waals surface area contributed by atoms with Gasteiger partial charge in [-0.1, -0.05) is 52.9 Å². The van der Waals surface area contributed by atoms with Crippen LogP contribution in [0.1, 0.15) is 21.9 Å². The summed E-state index contributed by atoms with van der Waals surface area (Å²) in [4.78, 5) is 58.4. The van der Waals surface area contributed by atoms with Gasteiger partial charge in [-0.15, -0.1) is 0 Å². The van der Waals surface area contributed by atoms with Crippen LogP contribution in [0.2, 0.25) is 5.02 Å². The Balaban J connectivity index is 1.41. The number of benzene rings is 2. The number of aromatic nitrogens is 2. The van der Waals surface area contributed by atoms with Crippen LogP contribution < -0.4 is 15.1 Å². The molecule has 2 aliphatic heterocycles. The van der Waals surface area contributed by atoms with E-state index in [1.54, 1.807) is 36.4 Å². The van der Waals surface area contributed by atoms with E-state index in [0.717, 1.165) is 35.2 Å². The normalized spacial score (nSPS) is 19.9. The second kappa shape index (κ2) is 10.7. The van der Waals surface area contributed by atoms with Gasteiger partial charge in [0.1, 0.15) is 11.8 Å². The van der Waals surface area contributed by atoms with Crippen LogP contribution >= 0.6 is 34.7 Å². The zero-order valence-corrected chi connectivity index (χ0v) is 23.6. The second-order valence-electron chi connectivity index (χ2n) is 9.53. The van der Waals surface area contributed by atoms with Gasteiger partial charge in [-0.3, -0.25) is 28.7 Å². The van der Waals surface area contributed by atoms with Crippen molar-refractivity contribution in [2.45, 2.75) is 28.9 Å². The molecule has 0 bridgehead atoms. The zero-order chi connectivity index (χ0) is 29.8. The van der Waals surface area contributed by atoms with Crippen LogP contribution in [0.3, 0.4) is 0 Å². The second-order valence-corrected chi connectivity index (χ2v) is 12.1. The molecule has 6 rings (SSSR count). The number of alkyl halides is 3. The Morgan fingerprint density at radius 3 is 2.43 bits per heavy atom. The van der Waals surface area contributed by atoms with Crippen LogP contribution in [0.25, 0.3) is 0 Å². The van der Waals surface area contributed by atoms with Crippen LogP contribution in [0.4, 0.5) is 24.5 Å². The van der Waals surface area contributed by atoms with Crippen molar-refractivity contribution in [1.29, 1.82) is 0 Å². The SMILES string of the molecule is O=C(Cn1c2c(sc1=O)[C@H](c1cccnc1)C1C(=O)N(c3ccccc3C(F)(F)F)C(=O)C1S2)Nc1ccc(Cl)cc1. The maximum absolute atomic E-state index is 13.9.